The third kappa shape index (κ3) is 3.35. The highest BCUT2D eigenvalue weighted by Gasteiger charge is 2.16. The van der Waals surface area contributed by atoms with Crippen LogP contribution in [0.3, 0.4) is 0 Å². The molecule has 1 nitrogen and oxygen atoms in total. The first kappa shape index (κ1) is 14.1. The van der Waals surface area contributed by atoms with Crippen LogP contribution in [0.1, 0.15) is 34.5 Å². The summed E-state index contributed by atoms with van der Waals surface area (Å²) in [7, 11) is 0. The van der Waals surface area contributed by atoms with Gasteiger partial charge in [-0.05, 0) is 36.5 Å². The van der Waals surface area contributed by atoms with Crippen molar-refractivity contribution in [2.45, 2.75) is 32.7 Å². The van der Waals surface area contributed by atoms with Crippen molar-refractivity contribution in [3.8, 4) is 0 Å². The number of rotatable bonds is 6. The molecule has 0 aliphatic heterocycles. The molecule has 1 atom stereocenters. The predicted octanol–water partition coefficient (Wildman–Crippen LogP) is 4.92. The van der Waals surface area contributed by atoms with Crippen LogP contribution in [0.15, 0.2) is 23.6 Å². The molecule has 0 aromatic carbocycles. The predicted molar refractivity (Wildman–Crippen MR) is 83.1 cm³/mol. The SMILES string of the molecule is CCNC(Cc1ccc(CC)s1)c1sccc1Cl. The molecule has 2 aromatic heterocycles. The Morgan fingerprint density at radius 2 is 2.00 bits per heavy atom. The fourth-order valence-corrected chi connectivity index (χ4v) is 4.25. The fraction of sp³-hybridized carbons (Fsp3) is 0.429. The largest absolute Gasteiger partial charge is 0.309 e. The van der Waals surface area contributed by atoms with Gasteiger partial charge in [-0.2, -0.15) is 0 Å². The highest BCUT2D eigenvalue weighted by Crippen LogP contribution is 2.32. The van der Waals surface area contributed by atoms with Crippen molar-refractivity contribution < 1.29 is 0 Å². The van der Waals surface area contributed by atoms with E-state index in [0.717, 1.165) is 24.4 Å². The van der Waals surface area contributed by atoms with Gasteiger partial charge >= 0.3 is 0 Å². The second-order valence-corrected chi connectivity index (χ2v) is 6.78. The lowest BCUT2D eigenvalue weighted by atomic mass is 10.1. The molecule has 2 heterocycles. The average Bonchev–Trinajstić information content (AvgIpc) is 2.97. The van der Waals surface area contributed by atoms with Gasteiger partial charge < -0.3 is 5.32 Å². The van der Waals surface area contributed by atoms with Crippen LogP contribution in [-0.2, 0) is 12.8 Å². The van der Waals surface area contributed by atoms with Crippen molar-refractivity contribution >= 4 is 34.3 Å². The van der Waals surface area contributed by atoms with Gasteiger partial charge in [-0.1, -0.05) is 25.4 Å². The molecule has 0 saturated heterocycles. The Kier molecular flexibility index (Phi) is 5.25. The summed E-state index contributed by atoms with van der Waals surface area (Å²) in [5.41, 5.74) is 0. The molecule has 0 fully saturated rings. The Hall–Kier alpha value is -0.350. The second kappa shape index (κ2) is 6.71. The Bertz CT molecular complexity index is 489. The van der Waals surface area contributed by atoms with E-state index in [1.807, 2.05) is 17.4 Å². The number of likely N-dealkylation sites (N-methyl/N-ethyl adjacent to an activating group) is 1. The van der Waals surface area contributed by atoms with Crippen molar-refractivity contribution in [1.82, 2.24) is 5.32 Å². The van der Waals surface area contributed by atoms with Gasteiger partial charge in [0.15, 0.2) is 0 Å². The smallest absolute Gasteiger partial charge is 0.0561 e. The lowest BCUT2D eigenvalue weighted by molar-refractivity contribution is 0.562. The maximum Gasteiger partial charge on any atom is 0.0561 e. The van der Waals surface area contributed by atoms with E-state index in [2.05, 4.69) is 36.7 Å². The summed E-state index contributed by atoms with van der Waals surface area (Å²) in [6, 6.07) is 6.80. The molecule has 0 aliphatic rings. The van der Waals surface area contributed by atoms with E-state index in [1.165, 1.54) is 14.6 Å². The molecule has 18 heavy (non-hydrogen) atoms. The van der Waals surface area contributed by atoms with Crippen molar-refractivity contribution in [1.29, 1.82) is 0 Å². The third-order valence-corrected chi connectivity index (χ3v) is 5.61. The summed E-state index contributed by atoms with van der Waals surface area (Å²) < 4.78 is 0. The van der Waals surface area contributed by atoms with E-state index in [4.69, 9.17) is 11.6 Å². The minimum atomic E-state index is 0.339. The molecule has 2 rings (SSSR count). The maximum absolute atomic E-state index is 6.24. The van der Waals surface area contributed by atoms with Crippen molar-refractivity contribution in [2.75, 3.05) is 6.54 Å². The van der Waals surface area contributed by atoms with Crippen LogP contribution in [0.5, 0.6) is 0 Å². The van der Waals surface area contributed by atoms with Gasteiger partial charge in [0.25, 0.3) is 0 Å². The topological polar surface area (TPSA) is 12.0 Å². The summed E-state index contributed by atoms with van der Waals surface area (Å²) in [6.45, 7) is 5.30. The molecule has 0 radical (unpaired) electrons. The number of nitrogens with one attached hydrogen (secondary N) is 1. The van der Waals surface area contributed by atoms with Crippen LogP contribution in [0.4, 0.5) is 0 Å². The molecule has 1 unspecified atom stereocenters. The van der Waals surface area contributed by atoms with Gasteiger partial charge in [-0.3, -0.25) is 0 Å². The zero-order valence-electron chi connectivity index (χ0n) is 10.7. The van der Waals surface area contributed by atoms with Gasteiger partial charge in [-0.15, -0.1) is 22.7 Å². The van der Waals surface area contributed by atoms with Crippen LogP contribution in [-0.4, -0.2) is 6.54 Å². The zero-order valence-corrected chi connectivity index (χ0v) is 13.1. The van der Waals surface area contributed by atoms with Crippen molar-refractivity contribution in [2.24, 2.45) is 0 Å². The quantitative estimate of drug-likeness (QED) is 0.798. The van der Waals surface area contributed by atoms with E-state index >= 15 is 0 Å². The van der Waals surface area contributed by atoms with Crippen LogP contribution >= 0.6 is 34.3 Å². The molecule has 0 aliphatic carbocycles. The molecule has 2 aromatic rings. The Balaban J connectivity index is 2.13. The maximum atomic E-state index is 6.24. The highest BCUT2D eigenvalue weighted by atomic mass is 35.5. The van der Waals surface area contributed by atoms with Gasteiger partial charge in [0.05, 0.1) is 5.02 Å². The van der Waals surface area contributed by atoms with Crippen LogP contribution in [0.2, 0.25) is 5.02 Å². The summed E-state index contributed by atoms with van der Waals surface area (Å²) in [6.07, 6.45) is 2.15. The van der Waals surface area contributed by atoms with Gasteiger partial charge in [0.2, 0.25) is 0 Å². The summed E-state index contributed by atoms with van der Waals surface area (Å²) in [5.74, 6) is 0. The average molecular weight is 300 g/mol. The number of hydrogen-bond donors (Lipinski definition) is 1. The zero-order chi connectivity index (χ0) is 13.0. The lowest BCUT2D eigenvalue weighted by Crippen LogP contribution is -2.22. The van der Waals surface area contributed by atoms with Gasteiger partial charge in [0, 0.05) is 27.1 Å². The van der Waals surface area contributed by atoms with Crippen LogP contribution < -0.4 is 5.32 Å². The number of thiophene rings is 2. The van der Waals surface area contributed by atoms with E-state index in [9.17, 15) is 0 Å². The standard InChI is InChI=1S/C14H18ClNS2/c1-3-10-5-6-11(18-10)9-13(16-4-2)14-12(15)7-8-17-14/h5-8,13,16H,3-4,9H2,1-2H3. The number of halogens is 1. The molecule has 0 spiro atoms. The molecule has 98 valence electrons. The molecule has 0 bridgehead atoms. The minimum Gasteiger partial charge on any atom is -0.309 e. The van der Waals surface area contributed by atoms with Crippen LogP contribution in [0, 0.1) is 0 Å². The first-order chi connectivity index (χ1) is 8.74. The Labute approximate surface area is 122 Å². The monoisotopic (exact) mass is 299 g/mol. The molecular formula is C14H18ClNS2. The first-order valence-electron chi connectivity index (χ1n) is 6.28. The Morgan fingerprint density at radius 3 is 2.56 bits per heavy atom. The molecule has 4 heteroatoms. The summed E-state index contributed by atoms with van der Waals surface area (Å²) in [4.78, 5) is 4.14. The number of aryl methyl sites for hydroxylation is 1. The Morgan fingerprint density at radius 1 is 1.22 bits per heavy atom. The fourth-order valence-electron chi connectivity index (χ4n) is 1.98. The first-order valence-corrected chi connectivity index (χ1v) is 8.35. The summed E-state index contributed by atoms with van der Waals surface area (Å²) >= 11 is 9.89. The van der Waals surface area contributed by atoms with E-state index in [0.29, 0.717) is 6.04 Å². The van der Waals surface area contributed by atoms with E-state index in [1.54, 1.807) is 11.3 Å². The third-order valence-electron chi connectivity index (χ3n) is 2.88. The molecular weight excluding hydrogens is 282 g/mol. The molecule has 1 N–H and O–H groups in total. The van der Waals surface area contributed by atoms with Gasteiger partial charge in [-0.25, -0.2) is 0 Å². The van der Waals surface area contributed by atoms with E-state index in [-0.39, 0.29) is 0 Å². The van der Waals surface area contributed by atoms with Crippen molar-refractivity contribution in [3.05, 3.63) is 43.2 Å². The van der Waals surface area contributed by atoms with Crippen molar-refractivity contribution in [3.63, 3.8) is 0 Å². The molecule has 0 saturated carbocycles. The lowest BCUT2D eigenvalue weighted by Gasteiger charge is -2.16. The number of hydrogen-bond acceptors (Lipinski definition) is 3. The molecule has 0 amide bonds. The highest BCUT2D eigenvalue weighted by molar-refractivity contribution is 7.12. The second-order valence-electron chi connectivity index (χ2n) is 4.17. The van der Waals surface area contributed by atoms with Crippen LogP contribution in [0.25, 0.3) is 0 Å². The minimum absolute atomic E-state index is 0.339. The van der Waals surface area contributed by atoms with E-state index < -0.39 is 0 Å². The summed E-state index contributed by atoms with van der Waals surface area (Å²) in [5, 5.41) is 6.48. The van der Waals surface area contributed by atoms with Gasteiger partial charge in [0.1, 0.15) is 0 Å². The normalized spacial score (nSPS) is 12.8.